The van der Waals surface area contributed by atoms with Crippen molar-refractivity contribution in [2.75, 3.05) is 26.3 Å². The van der Waals surface area contributed by atoms with Crippen LogP contribution in [0.1, 0.15) is 31.4 Å². The van der Waals surface area contributed by atoms with Crippen molar-refractivity contribution in [3.8, 4) is 0 Å². The van der Waals surface area contributed by atoms with Gasteiger partial charge in [0.05, 0.1) is 18.4 Å². The number of ether oxygens (including phenoxy) is 1. The topological polar surface area (TPSA) is 54.3 Å². The molecule has 0 fully saturated rings. The third-order valence-electron chi connectivity index (χ3n) is 4.85. The first-order valence-electron chi connectivity index (χ1n) is 10.5. The molecule has 0 aromatic heterocycles. The Morgan fingerprint density at radius 2 is 1.87 bits per heavy atom. The molecule has 2 aromatic carbocycles. The van der Waals surface area contributed by atoms with Crippen LogP contribution < -0.4 is 0 Å². The van der Waals surface area contributed by atoms with Crippen LogP contribution in [0.3, 0.4) is 0 Å². The molecule has 1 heterocycles. The molecular weight excluding hydrogens is 400 g/mol. The van der Waals surface area contributed by atoms with Gasteiger partial charge >= 0.3 is 0 Å². The monoisotopic (exact) mass is 430 g/mol. The highest BCUT2D eigenvalue weighted by atomic mass is 35.5. The van der Waals surface area contributed by atoms with Crippen molar-refractivity contribution in [3.63, 3.8) is 0 Å². The Labute approximate surface area is 184 Å². The van der Waals surface area contributed by atoms with E-state index in [0.717, 1.165) is 24.2 Å². The summed E-state index contributed by atoms with van der Waals surface area (Å²) in [6.07, 6.45) is 0.126. The van der Waals surface area contributed by atoms with Gasteiger partial charge in [-0.2, -0.15) is 0 Å². The van der Waals surface area contributed by atoms with Crippen molar-refractivity contribution in [1.29, 1.82) is 0 Å². The van der Waals surface area contributed by atoms with E-state index in [9.17, 15) is 5.11 Å². The van der Waals surface area contributed by atoms with Crippen LogP contribution in [0.5, 0.6) is 0 Å². The highest BCUT2D eigenvalue weighted by Gasteiger charge is 2.25. The van der Waals surface area contributed by atoms with E-state index >= 15 is 0 Å². The average molecular weight is 431 g/mol. The number of nitrogens with zero attached hydrogens (tertiary/aromatic N) is 2. The fraction of sp³-hybridized carbons (Fsp3) is 0.458. The van der Waals surface area contributed by atoms with Crippen LogP contribution in [0, 0.1) is 5.92 Å². The Morgan fingerprint density at radius 1 is 1.13 bits per heavy atom. The summed E-state index contributed by atoms with van der Waals surface area (Å²) in [6.45, 7) is 7.12. The number of rotatable bonds is 11. The van der Waals surface area contributed by atoms with Gasteiger partial charge in [0, 0.05) is 37.7 Å². The number of halogens is 1. The number of hydrogen-bond donors (Lipinski definition) is 1. The minimum Gasteiger partial charge on any atom is -0.390 e. The van der Waals surface area contributed by atoms with Crippen LogP contribution in [0.4, 0.5) is 0 Å². The summed E-state index contributed by atoms with van der Waals surface area (Å²) in [6, 6.07) is 17.9. The van der Waals surface area contributed by atoms with Gasteiger partial charge in [-0.05, 0) is 29.2 Å². The van der Waals surface area contributed by atoms with Crippen LogP contribution in [0.15, 0.2) is 59.8 Å². The predicted octanol–water partition coefficient (Wildman–Crippen LogP) is 4.37. The summed E-state index contributed by atoms with van der Waals surface area (Å²) < 4.78 is 5.62. The summed E-state index contributed by atoms with van der Waals surface area (Å²) in [5.74, 6) is 0.452. The zero-order valence-corrected chi connectivity index (χ0v) is 18.5. The van der Waals surface area contributed by atoms with Gasteiger partial charge in [-0.3, -0.25) is 4.90 Å². The van der Waals surface area contributed by atoms with Crippen LogP contribution in [0.25, 0.3) is 0 Å². The maximum atomic E-state index is 10.5. The largest absolute Gasteiger partial charge is 0.390 e. The van der Waals surface area contributed by atoms with Gasteiger partial charge in [0.15, 0.2) is 0 Å². The molecule has 1 aliphatic heterocycles. The summed E-state index contributed by atoms with van der Waals surface area (Å²) in [5, 5.41) is 15.5. The molecule has 0 radical (unpaired) electrons. The SMILES string of the molecule is CC(C)COC[C@@H](O)CN(Cc1ccccc1)C[C@@H]1CC(c2ccc(Cl)cc2)=NO1. The van der Waals surface area contributed by atoms with Crippen LogP contribution in [0.2, 0.25) is 5.02 Å². The lowest BCUT2D eigenvalue weighted by atomic mass is 10.0. The van der Waals surface area contributed by atoms with Gasteiger partial charge in [-0.25, -0.2) is 0 Å². The lowest BCUT2D eigenvalue weighted by molar-refractivity contribution is -0.00734. The number of benzene rings is 2. The second-order valence-electron chi connectivity index (χ2n) is 8.24. The molecule has 3 rings (SSSR count). The summed E-state index contributed by atoms with van der Waals surface area (Å²) in [4.78, 5) is 7.93. The first kappa shape index (κ1) is 22.8. The molecule has 0 saturated heterocycles. The Bertz CT molecular complexity index is 796. The summed E-state index contributed by atoms with van der Waals surface area (Å²) >= 11 is 5.98. The molecule has 1 N–H and O–H groups in total. The van der Waals surface area contributed by atoms with E-state index in [1.807, 2.05) is 42.5 Å². The summed E-state index contributed by atoms with van der Waals surface area (Å²) in [5.41, 5.74) is 3.15. The smallest absolute Gasteiger partial charge is 0.145 e. The lowest BCUT2D eigenvalue weighted by Crippen LogP contribution is -2.39. The van der Waals surface area contributed by atoms with E-state index < -0.39 is 6.10 Å². The van der Waals surface area contributed by atoms with Crippen LogP contribution in [-0.2, 0) is 16.1 Å². The van der Waals surface area contributed by atoms with Crippen LogP contribution in [-0.4, -0.2) is 54.2 Å². The van der Waals surface area contributed by atoms with E-state index in [0.29, 0.717) is 37.2 Å². The van der Waals surface area contributed by atoms with Gasteiger partial charge in [0.2, 0.25) is 0 Å². The van der Waals surface area contributed by atoms with E-state index in [2.05, 4.69) is 36.0 Å². The second-order valence-corrected chi connectivity index (χ2v) is 8.68. The van der Waals surface area contributed by atoms with Crippen molar-refractivity contribution in [1.82, 2.24) is 4.90 Å². The molecule has 0 saturated carbocycles. The molecule has 5 nitrogen and oxygen atoms in total. The number of aliphatic hydroxyl groups excluding tert-OH is 1. The average Bonchev–Trinajstić information content (AvgIpc) is 3.17. The molecule has 2 aromatic rings. The summed E-state index contributed by atoms with van der Waals surface area (Å²) in [7, 11) is 0. The maximum absolute atomic E-state index is 10.5. The van der Waals surface area contributed by atoms with Crippen molar-refractivity contribution >= 4 is 17.3 Å². The fourth-order valence-corrected chi connectivity index (χ4v) is 3.59. The molecule has 30 heavy (non-hydrogen) atoms. The normalized spacial score (nSPS) is 17.3. The minimum absolute atomic E-state index is 0.0526. The van der Waals surface area contributed by atoms with Crippen molar-refractivity contribution in [2.45, 2.75) is 39.0 Å². The van der Waals surface area contributed by atoms with E-state index in [-0.39, 0.29) is 6.10 Å². The third-order valence-corrected chi connectivity index (χ3v) is 5.10. The van der Waals surface area contributed by atoms with Crippen LogP contribution >= 0.6 is 11.6 Å². The Hall–Kier alpha value is -1.92. The molecule has 6 heteroatoms. The highest BCUT2D eigenvalue weighted by molar-refractivity contribution is 6.30. The standard InChI is InChI=1S/C24H31ClN2O3/c1-18(2)16-29-17-22(28)14-27(13-19-6-4-3-5-7-19)15-23-12-24(26-30-23)20-8-10-21(25)11-9-20/h3-11,18,22-23,28H,12-17H2,1-2H3/t22-,23-/m0/s1. The molecule has 162 valence electrons. The predicted molar refractivity (Wildman–Crippen MR) is 121 cm³/mol. The van der Waals surface area contributed by atoms with Crippen molar-refractivity contribution in [3.05, 3.63) is 70.7 Å². The molecule has 0 unspecified atom stereocenters. The Balaban J connectivity index is 1.57. The number of hydrogen-bond acceptors (Lipinski definition) is 5. The lowest BCUT2D eigenvalue weighted by Gasteiger charge is -2.27. The van der Waals surface area contributed by atoms with Crippen molar-refractivity contribution < 1.29 is 14.7 Å². The third kappa shape index (κ3) is 7.40. The first-order chi connectivity index (χ1) is 14.5. The molecule has 0 aliphatic carbocycles. The van der Waals surface area contributed by atoms with Gasteiger partial charge < -0.3 is 14.7 Å². The molecule has 1 aliphatic rings. The van der Waals surface area contributed by atoms with Gasteiger partial charge in [-0.1, -0.05) is 73.1 Å². The zero-order valence-electron chi connectivity index (χ0n) is 17.7. The molecule has 2 atom stereocenters. The quantitative estimate of drug-likeness (QED) is 0.575. The first-order valence-corrected chi connectivity index (χ1v) is 10.9. The molecule has 0 spiro atoms. The van der Waals surface area contributed by atoms with E-state index in [1.165, 1.54) is 5.56 Å². The second kappa shape index (κ2) is 11.5. The zero-order chi connectivity index (χ0) is 21.3. The number of oxime groups is 1. The molecular formula is C24H31ClN2O3. The molecule has 0 bridgehead atoms. The van der Waals surface area contributed by atoms with E-state index in [1.54, 1.807) is 0 Å². The van der Waals surface area contributed by atoms with E-state index in [4.69, 9.17) is 21.2 Å². The van der Waals surface area contributed by atoms with Gasteiger partial charge in [0.25, 0.3) is 0 Å². The Morgan fingerprint density at radius 3 is 2.57 bits per heavy atom. The van der Waals surface area contributed by atoms with Gasteiger partial charge in [-0.15, -0.1) is 0 Å². The molecule has 0 amide bonds. The maximum Gasteiger partial charge on any atom is 0.145 e. The fourth-order valence-electron chi connectivity index (χ4n) is 3.46. The van der Waals surface area contributed by atoms with Gasteiger partial charge in [0.1, 0.15) is 6.10 Å². The minimum atomic E-state index is -0.550. The number of aliphatic hydroxyl groups is 1. The highest BCUT2D eigenvalue weighted by Crippen LogP contribution is 2.20. The Kier molecular flexibility index (Phi) is 8.70. The van der Waals surface area contributed by atoms with Crippen molar-refractivity contribution in [2.24, 2.45) is 11.1 Å².